The Labute approximate surface area is 158 Å². The summed E-state index contributed by atoms with van der Waals surface area (Å²) in [4.78, 5) is 17.1. The zero-order valence-electron chi connectivity index (χ0n) is 14.7. The van der Waals surface area contributed by atoms with Crippen molar-refractivity contribution in [3.05, 3.63) is 87.5 Å². The third kappa shape index (κ3) is 2.87. The molecule has 0 N–H and O–H groups in total. The van der Waals surface area contributed by atoms with Crippen molar-refractivity contribution in [3.63, 3.8) is 0 Å². The number of rotatable bonds is 2. The summed E-state index contributed by atoms with van der Waals surface area (Å²) in [6, 6.07) is 15.0. The molecule has 1 aliphatic heterocycles. The van der Waals surface area contributed by atoms with Gasteiger partial charge in [0, 0.05) is 17.7 Å². The van der Waals surface area contributed by atoms with Gasteiger partial charge in [-0.1, -0.05) is 24.3 Å². The van der Waals surface area contributed by atoms with Gasteiger partial charge in [0.2, 0.25) is 0 Å². The molecule has 0 fully saturated rings. The Morgan fingerprint density at radius 3 is 2.29 bits per heavy atom. The van der Waals surface area contributed by atoms with Crippen LogP contribution in [0.3, 0.4) is 0 Å². The third-order valence-electron chi connectivity index (χ3n) is 5.05. The van der Waals surface area contributed by atoms with E-state index in [4.69, 9.17) is 5.26 Å². The second-order valence-corrected chi connectivity index (χ2v) is 6.74. The smallest absolute Gasteiger partial charge is 0.292 e. The van der Waals surface area contributed by atoms with Crippen LogP contribution in [0.4, 0.5) is 13.2 Å². The standard InChI is InChI=1S/C21H14F3N3O/c1-12-19(15-6-8-16(9-7-15)21(22,23)24)20-26-17(10-18(28)27(12)20)14-4-2-13(11-25)3-5-14/h2-10,12,19H,1H3. The van der Waals surface area contributed by atoms with E-state index in [-0.39, 0.29) is 17.5 Å². The maximum atomic E-state index is 12.8. The maximum Gasteiger partial charge on any atom is 0.416 e. The van der Waals surface area contributed by atoms with Crippen LogP contribution in [0.5, 0.6) is 0 Å². The molecule has 4 rings (SSSR count). The Bertz CT molecular complexity index is 1140. The Morgan fingerprint density at radius 1 is 1.07 bits per heavy atom. The fourth-order valence-corrected chi connectivity index (χ4v) is 3.59. The molecule has 1 aromatic heterocycles. The summed E-state index contributed by atoms with van der Waals surface area (Å²) in [6.07, 6.45) is -4.39. The van der Waals surface area contributed by atoms with E-state index in [1.165, 1.54) is 18.2 Å². The van der Waals surface area contributed by atoms with Crippen molar-refractivity contribution in [1.29, 1.82) is 5.26 Å². The summed E-state index contributed by atoms with van der Waals surface area (Å²) in [5, 5.41) is 8.90. The van der Waals surface area contributed by atoms with Gasteiger partial charge in [0.05, 0.1) is 28.8 Å². The minimum absolute atomic E-state index is 0.193. The number of nitriles is 1. The largest absolute Gasteiger partial charge is 0.416 e. The van der Waals surface area contributed by atoms with Gasteiger partial charge in [-0.05, 0) is 36.8 Å². The fraction of sp³-hybridized carbons (Fsp3) is 0.190. The molecule has 4 nitrogen and oxygen atoms in total. The number of nitrogens with zero attached hydrogens (tertiary/aromatic N) is 3. The molecule has 2 aromatic carbocycles. The minimum atomic E-state index is -4.39. The first-order valence-electron chi connectivity index (χ1n) is 8.61. The van der Waals surface area contributed by atoms with Crippen LogP contribution in [0.25, 0.3) is 11.3 Å². The van der Waals surface area contributed by atoms with E-state index in [1.54, 1.807) is 28.8 Å². The summed E-state index contributed by atoms with van der Waals surface area (Å²) in [6.45, 7) is 1.85. The number of hydrogen-bond acceptors (Lipinski definition) is 3. The van der Waals surface area contributed by atoms with Gasteiger partial charge >= 0.3 is 6.18 Å². The van der Waals surface area contributed by atoms with Crippen LogP contribution >= 0.6 is 0 Å². The van der Waals surface area contributed by atoms with Gasteiger partial charge in [-0.25, -0.2) is 4.98 Å². The van der Waals surface area contributed by atoms with Crippen molar-refractivity contribution in [2.75, 3.05) is 0 Å². The molecule has 0 amide bonds. The molecule has 140 valence electrons. The van der Waals surface area contributed by atoms with E-state index < -0.39 is 11.7 Å². The van der Waals surface area contributed by atoms with Crippen molar-refractivity contribution in [2.24, 2.45) is 0 Å². The number of hydrogen-bond donors (Lipinski definition) is 0. The van der Waals surface area contributed by atoms with E-state index in [9.17, 15) is 18.0 Å². The molecule has 0 saturated heterocycles. The van der Waals surface area contributed by atoms with Crippen molar-refractivity contribution >= 4 is 0 Å². The van der Waals surface area contributed by atoms with Crippen LogP contribution in [0, 0.1) is 11.3 Å². The summed E-state index contributed by atoms with van der Waals surface area (Å²) in [7, 11) is 0. The lowest BCUT2D eigenvalue weighted by Gasteiger charge is -2.38. The lowest BCUT2D eigenvalue weighted by atomic mass is 9.84. The summed E-state index contributed by atoms with van der Waals surface area (Å²) in [5.41, 5.74) is 1.44. The maximum absolute atomic E-state index is 12.8. The number of aromatic nitrogens is 2. The molecular weight excluding hydrogens is 367 g/mol. The van der Waals surface area contributed by atoms with Crippen LogP contribution in [-0.2, 0) is 6.18 Å². The average Bonchev–Trinajstić information content (AvgIpc) is 2.66. The molecule has 0 radical (unpaired) electrons. The first-order valence-corrected chi connectivity index (χ1v) is 8.61. The Hall–Kier alpha value is -3.40. The monoisotopic (exact) mass is 381 g/mol. The zero-order chi connectivity index (χ0) is 20.1. The van der Waals surface area contributed by atoms with E-state index in [2.05, 4.69) is 4.98 Å². The molecule has 3 aromatic rings. The highest BCUT2D eigenvalue weighted by molar-refractivity contribution is 5.60. The van der Waals surface area contributed by atoms with Gasteiger partial charge in [0.1, 0.15) is 5.82 Å². The van der Waals surface area contributed by atoms with Gasteiger partial charge in [-0.15, -0.1) is 0 Å². The quantitative estimate of drug-likeness (QED) is 0.656. The van der Waals surface area contributed by atoms with Crippen molar-refractivity contribution in [3.8, 4) is 17.3 Å². The number of halogens is 3. The third-order valence-corrected chi connectivity index (χ3v) is 5.05. The highest BCUT2D eigenvalue weighted by atomic mass is 19.4. The van der Waals surface area contributed by atoms with Gasteiger partial charge in [0.25, 0.3) is 5.56 Å². The summed E-state index contributed by atoms with van der Waals surface area (Å²) in [5.74, 6) is 0.271. The number of fused-ring (bicyclic) bond motifs is 1. The summed E-state index contributed by atoms with van der Waals surface area (Å²) < 4.78 is 40.0. The lowest BCUT2D eigenvalue weighted by Crippen LogP contribution is -2.41. The predicted molar refractivity (Wildman–Crippen MR) is 96.6 cm³/mol. The molecule has 0 bridgehead atoms. The van der Waals surface area contributed by atoms with Crippen LogP contribution in [-0.4, -0.2) is 9.55 Å². The van der Waals surface area contributed by atoms with Crippen LogP contribution < -0.4 is 5.56 Å². The Morgan fingerprint density at radius 2 is 1.71 bits per heavy atom. The minimum Gasteiger partial charge on any atom is -0.292 e. The topological polar surface area (TPSA) is 58.7 Å². The molecule has 0 aliphatic carbocycles. The second-order valence-electron chi connectivity index (χ2n) is 6.74. The normalized spacial score (nSPS) is 18.1. The highest BCUT2D eigenvalue weighted by Crippen LogP contribution is 2.43. The number of benzene rings is 2. The number of alkyl halides is 3. The molecule has 0 saturated carbocycles. The van der Waals surface area contributed by atoms with E-state index >= 15 is 0 Å². The molecule has 7 heteroatoms. The van der Waals surface area contributed by atoms with E-state index in [1.807, 2.05) is 13.0 Å². The van der Waals surface area contributed by atoms with Crippen LogP contribution in [0.1, 0.15) is 41.4 Å². The molecule has 2 atom stereocenters. The lowest BCUT2D eigenvalue weighted by molar-refractivity contribution is -0.137. The highest BCUT2D eigenvalue weighted by Gasteiger charge is 2.39. The molecular formula is C21H14F3N3O. The van der Waals surface area contributed by atoms with Crippen molar-refractivity contribution in [1.82, 2.24) is 9.55 Å². The van der Waals surface area contributed by atoms with Gasteiger partial charge in [-0.2, -0.15) is 18.4 Å². The molecule has 2 heterocycles. The Kier molecular flexibility index (Phi) is 4.07. The average molecular weight is 381 g/mol. The van der Waals surface area contributed by atoms with Gasteiger partial charge in [-0.3, -0.25) is 9.36 Å². The first-order chi connectivity index (χ1) is 13.3. The predicted octanol–water partition coefficient (Wildman–Crippen LogP) is 4.51. The first kappa shape index (κ1) is 18.0. The molecule has 1 aliphatic rings. The molecule has 0 spiro atoms. The van der Waals surface area contributed by atoms with Gasteiger partial charge < -0.3 is 0 Å². The second kappa shape index (κ2) is 6.34. The van der Waals surface area contributed by atoms with Crippen molar-refractivity contribution in [2.45, 2.75) is 25.1 Å². The van der Waals surface area contributed by atoms with E-state index in [0.29, 0.717) is 28.2 Å². The molecule has 28 heavy (non-hydrogen) atoms. The van der Waals surface area contributed by atoms with E-state index in [0.717, 1.165) is 12.1 Å². The summed E-state index contributed by atoms with van der Waals surface area (Å²) >= 11 is 0. The van der Waals surface area contributed by atoms with Gasteiger partial charge in [0.15, 0.2) is 0 Å². The SMILES string of the molecule is CC1C(c2ccc(C(F)(F)F)cc2)c2nc(-c3ccc(C#N)cc3)cc(=O)n21. The van der Waals surface area contributed by atoms with Crippen LogP contribution in [0.2, 0.25) is 0 Å². The van der Waals surface area contributed by atoms with Crippen molar-refractivity contribution < 1.29 is 13.2 Å². The fourth-order valence-electron chi connectivity index (χ4n) is 3.59. The molecule has 2 unspecified atom stereocenters. The van der Waals surface area contributed by atoms with Crippen LogP contribution in [0.15, 0.2) is 59.4 Å². The Balaban J connectivity index is 1.73. The zero-order valence-corrected chi connectivity index (χ0v) is 14.7.